The standard InChI is InChI=1S/C16H25N3O2/c1-16(2,3)21-15(20)18-9-13-10-19(17-14(13)11-18)8-12-6-4-5-7-12/h10,12H,4-9,11H2,1-3H3. The zero-order valence-electron chi connectivity index (χ0n) is 13.3. The van der Waals surface area contributed by atoms with Crippen LogP contribution < -0.4 is 0 Å². The van der Waals surface area contributed by atoms with E-state index >= 15 is 0 Å². The van der Waals surface area contributed by atoms with Crippen molar-refractivity contribution in [3.8, 4) is 0 Å². The highest BCUT2D eigenvalue weighted by atomic mass is 16.6. The van der Waals surface area contributed by atoms with Crippen LogP contribution in [0.3, 0.4) is 0 Å². The topological polar surface area (TPSA) is 47.4 Å². The van der Waals surface area contributed by atoms with Crippen LogP contribution in [-0.2, 0) is 24.4 Å². The van der Waals surface area contributed by atoms with Crippen molar-refractivity contribution in [2.75, 3.05) is 0 Å². The Balaban J connectivity index is 1.58. The van der Waals surface area contributed by atoms with Gasteiger partial charge in [0.25, 0.3) is 0 Å². The summed E-state index contributed by atoms with van der Waals surface area (Å²) in [6, 6.07) is 0. The highest BCUT2D eigenvalue weighted by Crippen LogP contribution is 2.28. The fourth-order valence-electron chi connectivity index (χ4n) is 3.22. The summed E-state index contributed by atoms with van der Waals surface area (Å²) in [5.41, 5.74) is 1.75. The summed E-state index contributed by atoms with van der Waals surface area (Å²) >= 11 is 0. The molecule has 2 aliphatic rings. The lowest BCUT2D eigenvalue weighted by Crippen LogP contribution is -2.33. The monoisotopic (exact) mass is 291 g/mol. The van der Waals surface area contributed by atoms with Gasteiger partial charge in [-0.2, -0.15) is 5.10 Å². The van der Waals surface area contributed by atoms with Crippen molar-refractivity contribution < 1.29 is 9.53 Å². The molecule has 1 aromatic rings. The molecule has 5 nitrogen and oxygen atoms in total. The van der Waals surface area contributed by atoms with Crippen LogP contribution in [0.25, 0.3) is 0 Å². The second-order valence-electron chi connectivity index (χ2n) is 7.31. The van der Waals surface area contributed by atoms with Crippen LogP contribution in [-0.4, -0.2) is 26.4 Å². The zero-order valence-corrected chi connectivity index (χ0v) is 13.3. The highest BCUT2D eigenvalue weighted by molar-refractivity contribution is 5.69. The Morgan fingerprint density at radius 3 is 2.67 bits per heavy atom. The Bertz CT molecular complexity index is 501. The number of amides is 1. The van der Waals surface area contributed by atoms with Crippen molar-refractivity contribution in [1.82, 2.24) is 14.7 Å². The molecule has 1 aromatic heterocycles. The van der Waals surface area contributed by atoms with E-state index in [4.69, 9.17) is 4.74 Å². The molecule has 0 aromatic carbocycles. The van der Waals surface area contributed by atoms with Crippen molar-refractivity contribution in [2.24, 2.45) is 5.92 Å². The van der Waals surface area contributed by atoms with Gasteiger partial charge in [-0.1, -0.05) is 12.8 Å². The minimum absolute atomic E-state index is 0.247. The summed E-state index contributed by atoms with van der Waals surface area (Å²) in [6.45, 7) is 7.89. The van der Waals surface area contributed by atoms with Crippen LogP contribution in [0.15, 0.2) is 6.20 Å². The summed E-state index contributed by atoms with van der Waals surface area (Å²) in [6.07, 6.45) is 7.24. The number of fused-ring (bicyclic) bond motifs is 1. The molecule has 2 heterocycles. The average Bonchev–Trinajstić information content (AvgIpc) is 3.01. The second-order valence-corrected chi connectivity index (χ2v) is 7.31. The average molecular weight is 291 g/mol. The maximum Gasteiger partial charge on any atom is 0.410 e. The van der Waals surface area contributed by atoms with E-state index in [0.717, 1.165) is 18.2 Å². The Labute approximate surface area is 126 Å². The molecule has 1 aliphatic carbocycles. The Kier molecular flexibility index (Phi) is 3.68. The van der Waals surface area contributed by atoms with Crippen molar-refractivity contribution in [1.29, 1.82) is 0 Å². The number of carbonyl (C=O) groups excluding carboxylic acids is 1. The summed E-state index contributed by atoms with van der Waals surface area (Å²) < 4.78 is 7.49. The number of ether oxygens (including phenoxy) is 1. The van der Waals surface area contributed by atoms with E-state index in [1.54, 1.807) is 4.90 Å². The molecule has 1 fully saturated rings. The first kappa shape index (κ1) is 14.4. The Morgan fingerprint density at radius 2 is 2.05 bits per heavy atom. The van der Waals surface area contributed by atoms with E-state index in [2.05, 4.69) is 16.0 Å². The normalized spacial score (nSPS) is 19.1. The number of nitrogens with zero attached hydrogens (tertiary/aromatic N) is 3. The van der Waals surface area contributed by atoms with E-state index < -0.39 is 5.60 Å². The number of aromatic nitrogens is 2. The number of hydrogen-bond acceptors (Lipinski definition) is 3. The van der Waals surface area contributed by atoms with Crippen LogP contribution in [0.4, 0.5) is 4.79 Å². The van der Waals surface area contributed by atoms with E-state index in [9.17, 15) is 4.79 Å². The number of carbonyl (C=O) groups is 1. The van der Waals surface area contributed by atoms with E-state index in [-0.39, 0.29) is 6.09 Å². The van der Waals surface area contributed by atoms with Crippen LogP contribution >= 0.6 is 0 Å². The molecular formula is C16H25N3O2. The Hall–Kier alpha value is -1.52. The summed E-state index contributed by atoms with van der Waals surface area (Å²) in [7, 11) is 0. The van der Waals surface area contributed by atoms with Gasteiger partial charge < -0.3 is 4.74 Å². The first-order valence-electron chi connectivity index (χ1n) is 7.94. The number of rotatable bonds is 2. The quantitative estimate of drug-likeness (QED) is 0.839. The molecule has 0 atom stereocenters. The van der Waals surface area contributed by atoms with Crippen LogP contribution in [0, 0.1) is 5.92 Å². The van der Waals surface area contributed by atoms with Gasteiger partial charge in [-0.25, -0.2) is 4.79 Å². The molecule has 3 rings (SSSR count). The summed E-state index contributed by atoms with van der Waals surface area (Å²) in [4.78, 5) is 13.8. The van der Waals surface area contributed by atoms with Gasteiger partial charge in [0.15, 0.2) is 0 Å². The van der Waals surface area contributed by atoms with Gasteiger partial charge in [0.2, 0.25) is 0 Å². The van der Waals surface area contributed by atoms with Gasteiger partial charge in [-0.3, -0.25) is 9.58 Å². The van der Waals surface area contributed by atoms with Gasteiger partial charge in [0.1, 0.15) is 5.60 Å². The fourth-order valence-corrected chi connectivity index (χ4v) is 3.22. The molecule has 1 amide bonds. The molecule has 0 N–H and O–H groups in total. The molecule has 1 saturated carbocycles. The molecule has 0 saturated heterocycles. The third-order valence-electron chi connectivity index (χ3n) is 4.20. The summed E-state index contributed by atoms with van der Waals surface area (Å²) in [5, 5.41) is 4.65. The molecule has 1 aliphatic heterocycles. The molecule has 116 valence electrons. The number of hydrogen-bond donors (Lipinski definition) is 0. The summed E-state index contributed by atoms with van der Waals surface area (Å²) in [5.74, 6) is 0.784. The van der Waals surface area contributed by atoms with Crippen LogP contribution in [0.1, 0.15) is 57.7 Å². The van der Waals surface area contributed by atoms with Crippen molar-refractivity contribution in [2.45, 2.75) is 71.7 Å². The molecule has 0 unspecified atom stereocenters. The van der Waals surface area contributed by atoms with Gasteiger partial charge in [-0.15, -0.1) is 0 Å². The first-order valence-corrected chi connectivity index (χ1v) is 7.94. The zero-order chi connectivity index (χ0) is 15.0. The van der Waals surface area contributed by atoms with Gasteiger partial charge in [0, 0.05) is 18.3 Å². The molecular weight excluding hydrogens is 266 g/mol. The van der Waals surface area contributed by atoms with E-state index in [1.165, 1.54) is 31.2 Å². The molecule has 0 radical (unpaired) electrons. The van der Waals surface area contributed by atoms with Crippen LogP contribution in [0.5, 0.6) is 0 Å². The lowest BCUT2D eigenvalue weighted by molar-refractivity contribution is 0.0239. The van der Waals surface area contributed by atoms with Crippen LogP contribution in [0.2, 0.25) is 0 Å². The van der Waals surface area contributed by atoms with Gasteiger partial charge in [0.05, 0.1) is 18.8 Å². The van der Waals surface area contributed by atoms with Gasteiger partial charge in [-0.05, 0) is 39.5 Å². The highest BCUT2D eigenvalue weighted by Gasteiger charge is 2.30. The molecule has 0 spiro atoms. The molecule has 21 heavy (non-hydrogen) atoms. The molecule has 0 bridgehead atoms. The Morgan fingerprint density at radius 1 is 1.33 bits per heavy atom. The largest absolute Gasteiger partial charge is 0.444 e. The third-order valence-corrected chi connectivity index (χ3v) is 4.20. The smallest absolute Gasteiger partial charge is 0.410 e. The lowest BCUT2D eigenvalue weighted by atomic mass is 10.1. The second kappa shape index (κ2) is 5.35. The third kappa shape index (κ3) is 3.39. The lowest BCUT2D eigenvalue weighted by Gasteiger charge is -2.24. The van der Waals surface area contributed by atoms with E-state index in [0.29, 0.717) is 13.1 Å². The minimum Gasteiger partial charge on any atom is -0.444 e. The maximum absolute atomic E-state index is 12.1. The van der Waals surface area contributed by atoms with Gasteiger partial charge >= 0.3 is 6.09 Å². The maximum atomic E-state index is 12.1. The fraction of sp³-hybridized carbons (Fsp3) is 0.750. The predicted octanol–water partition coefficient (Wildman–Crippen LogP) is 3.32. The SMILES string of the molecule is CC(C)(C)OC(=O)N1Cc2cn(CC3CCCC3)nc2C1. The minimum atomic E-state index is -0.445. The predicted molar refractivity (Wildman–Crippen MR) is 79.7 cm³/mol. The first-order chi connectivity index (χ1) is 9.90. The molecule has 5 heteroatoms. The van der Waals surface area contributed by atoms with Crippen molar-refractivity contribution in [3.63, 3.8) is 0 Å². The van der Waals surface area contributed by atoms with Crippen molar-refractivity contribution >= 4 is 6.09 Å². The van der Waals surface area contributed by atoms with E-state index in [1.807, 2.05) is 20.8 Å². The van der Waals surface area contributed by atoms with Crippen molar-refractivity contribution in [3.05, 3.63) is 17.5 Å².